The Bertz CT molecular complexity index is 575. The van der Waals surface area contributed by atoms with Crippen molar-refractivity contribution >= 4 is 6.03 Å². The highest BCUT2D eigenvalue weighted by molar-refractivity contribution is 5.73. The van der Waals surface area contributed by atoms with Gasteiger partial charge in [-0.3, -0.25) is 4.98 Å². The van der Waals surface area contributed by atoms with Crippen molar-refractivity contribution in [3.05, 3.63) is 54.0 Å². The predicted octanol–water partition coefficient (Wildman–Crippen LogP) is 1.53. The lowest BCUT2D eigenvalue weighted by molar-refractivity contribution is 0.240. The minimum absolute atomic E-state index is 0.199. The molecule has 0 aliphatic carbocycles. The fourth-order valence-electron chi connectivity index (χ4n) is 1.78. The number of carbonyl (C=O) groups excluding carboxylic acids is 1. The molecule has 2 aromatic heterocycles. The molecule has 0 unspecified atom stereocenters. The second-order valence-electron chi connectivity index (χ2n) is 4.43. The molecular formula is C15H18N4O2. The van der Waals surface area contributed by atoms with Gasteiger partial charge in [-0.15, -0.1) is 0 Å². The normalized spacial score (nSPS) is 9.95. The van der Waals surface area contributed by atoms with E-state index < -0.39 is 0 Å². The predicted molar refractivity (Wildman–Crippen MR) is 79.0 cm³/mol. The van der Waals surface area contributed by atoms with Crippen molar-refractivity contribution in [1.29, 1.82) is 0 Å². The lowest BCUT2D eigenvalue weighted by Crippen LogP contribution is -2.36. The molecule has 21 heavy (non-hydrogen) atoms. The van der Waals surface area contributed by atoms with Gasteiger partial charge in [-0.05, 0) is 29.7 Å². The molecule has 0 atom stereocenters. The number of amides is 2. The third-order valence-electron chi connectivity index (χ3n) is 2.88. The maximum atomic E-state index is 11.7. The molecule has 0 radical (unpaired) electrons. The van der Waals surface area contributed by atoms with E-state index in [0.29, 0.717) is 19.0 Å². The van der Waals surface area contributed by atoms with Crippen LogP contribution in [0.25, 0.3) is 0 Å². The van der Waals surface area contributed by atoms with Crippen LogP contribution < -0.4 is 15.4 Å². The standard InChI is InChI=1S/C15H18N4O2/c1-21-14-9-13(5-7-17-14)11-19-15(20)18-8-4-12-3-2-6-16-10-12/h2-3,5-7,9-10H,4,8,11H2,1H3,(H2,18,19,20). The molecule has 0 aliphatic heterocycles. The summed E-state index contributed by atoms with van der Waals surface area (Å²) in [6.45, 7) is 0.995. The number of methoxy groups -OCH3 is 1. The number of nitrogens with one attached hydrogen (secondary N) is 2. The molecule has 0 aromatic carbocycles. The van der Waals surface area contributed by atoms with Gasteiger partial charge in [-0.1, -0.05) is 6.07 Å². The average molecular weight is 286 g/mol. The Labute approximate surface area is 123 Å². The quantitative estimate of drug-likeness (QED) is 0.844. The number of rotatable bonds is 6. The number of aromatic nitrogens is 2. The first-order valence-corrected chi connectivity index (χ1v) is 6.67. The zero-order valence-electron chi connectivity index (χ0n) is 11.9. The van der Waals surface area contributed by atoms with Gasteiger partial charge in [0, 0.05) is 37.7 Å². The van der Waals surface area contributed by atoms with Crippen LogP contribution in [0.1, 0.15) is 11.1 Å². The second kappa shape index (κ2) is 7.84. The summed E-state index contributed by atoms with van der Waals surface area (Å²) < 4.78 is 5.03. The molecule has 0 saturated carbocycles. The second-order valence-corrected chi connectivity index (χ2v) is 4.43. The van der Waals surface area contributed by atoms with Crippen molar-refractivity contribution in [3.8, 4) is 5.88 Å². The van der Waals surface area contributed by atoms with Crippen molar-refractivity contribution in [1.82, 2.24) is 20.6 Å². The molecule has 2 aromatic rings. The van der Waals surface area contributed by atoms with Gasteiger partial charge in [0.15, 0.2) is 0 Å². The third kappa shape index (κ3) is 5.10. The maximum absolute atomic E-state index is 11.7. The molecule has 6 heteroatoms. The van der Waals surface area contributed by atoms with Crippen molar-refractivity contribution in [3.63, 3.8) is 0 Å². The molecule has 2 heterocycles. The minimum Gasteiger partial charge on any atom is -0.481 e. The minimum atomic E-state index is -0.199. The zero-order valence-corrected chi connectivity index (χ0v) is 11.9. The van der Waals surface area contributed by atoms with Crippen molar-refractivity contribution < 1.29 is 9.53 Å². The summed E-state index contributed by atoms with van der Waals surface area (Å²) in [5, 5.41) is 5.59. The van der Waals surface area contributed by atoms with Crippen LogP contribution in [-0.4, -0.2) is 29.7 Å². The molecule has 110 valence electrons. The van der Waals surface area contributed by atoms with E-state index in [1.54, 1.807) is 31.8 Å². The van der Waals surface area contributed by atoms with Crippen molar-refractivity contribution in [2.75, 3.05) is 13.7 Å². The van der Waals surface area contributed by atoms with Gasteiger partial charge in [-0.25, -0.2) is 9.78 Å². The van der Waals surface area contributed by atoms with Crippen LogP contribution in [-0.2, 0) is 13.0 Å². The fraction of sp³-hybridized carbons (Fsp3) is 0.267. The summed E-state index contributed by atoms with van der Waals surface area (Å²) in [5.41, 5.74) is 2.03. The number of urea groups is 1. The van der Waals surface area contributed by atoms with Crippen LogP contribution in [0, 0.1) is 0 Å². The number of hydrogen-bond acceptors (Lipinski definition) is 4. The Balaban J connectivity index is 1.70. The number of pyridine rings is 2. The molecule has 0 bridgehead atoms. The summed E-state index contributed by atoms with van der Waals surface area (Å²) >= 11 is 0. The average Bonchev–Trinajstić information content (AvgIpc) is 2.54. The Morgan fingerprint density at radius 2 is 2.14 bits per heavy atom. The van der Waals surface area contributed by atoms with Gasteiger partial charge < -0.3 is 15.4 Å². The van der Waals surface area contributed by atoms with E-state index in [4.69, 9.17) is 4.74 Å². The van der Waals surface area contributed by atoms with Crippen molar-refractivity contribution in [2.24, 2.45) is 0 Å². The van der Waals surface area contributed by atoms with E-state index in [1.165, 1.54) is 0 Å². The number of nitrogens with zero attached hydrogens (tertiary/aromatic N) is 2. The Hall–Kier alpha value is -2.63. The number of ether oxygens (including phenoxy) is 1. The molecule has 0 saturated heterocycles. The van der Waals surface area contributed by atoms with E-state index in [0.717, 1.165) is 17.5 Å². The van der Waals surface area contributed by atoms with E-state index in [1.807, 2.05) is 18.2 Å². The van der Waals surface area contributed by atoms with Crippen LogP contribution >= 0.6 is 0 Å². The molecule has 0 fully saturated rings. The Kier molecular flexibility index (Phi) is 5.51. The monoisotopic (exact) mass is 286 g/mol. The van der Waals surface area contributed by atoms with Crippen LogP contribution in [0.4, 0.5) is 4.79 Å². The lowest BCUT2D eigenvalue weighted by Gasteiger charge is -2.08. The first kappa shape index (κ1) is 14.8. The van der Waals surface area contributed by atoms with Gasteiger partial charge in [0.05, 0.1) is 7.11 Å². The highest BCUT2D eigenvalue weighted by Gasteiger charge is 2.02. The van der Waals surface area contributed by atoms with Crippen LogP contribution in [0.2, 0.25) is 0 Å². The first-order valence-electron chi connectivity index (χ1n) is 6.67. The lowest BCUT2D eigenvalue weighted by atomic mass is 10.2. The number of hydrogen-bond donors (Lipinski definition) is 2. The largest absolute Gasteiger partial charge is 0.481 e. The van der Waals surface area contributed by atoms with Crippen molar-refractivity contribution in [2.45, 2.75) is 13.0 Å². The Morgan fingerprint density at radius 3 is 2.90 bits per heavy atom. The highest BCUT2D eigenvalue weighted by Crippen LogP contribution is 2.07. The van der Waals surface area contributed by atoms with Gasteiger partial charge >= 0.3 is 6.03 Å². The van der Waals surface area contributed by atoms with Gasteiger partial charge in [0.25, 0.3) is 0 Å². The smallest absolute Gasteiger partial charge is 0.315 e. The van der Waals surface area contributed by atoms with Gasteiger partial charge in [-0.2, -0.15) is 0 Å². The van der Waals surface area contributed by atoms with Crippen LogP contribution in [0.15, 0.2) is 42.9 Å². The molecule has 0 aliphatic rings. The van der Waals surface area contributed by atoms with E-state index in [-0.39, 0.29) is 6.03 Å². The van der Waals surface area contributed by atoms with Crippen LogP contribution in [0.3, 0.4) is 0 Å². The van der Waals surface area contributed by atoms with Gasteiger partial charge in [0.1, 0.15) is 0 Å². The number of carbonyl (C=O) groups is 1. The molecular weight excluding hydrogens is 268 g/mol. The first-order chi connectivity index (χ1) is 10.3. The Morgan fingerprint density at radius 1 is 1.24 bits per heavy atom. The third-order valence-corrected chi connectivity index (χ3v) is 2.88. The zero-order chi connectivity index (χ0) is 14.9. The highest BCUT2D eigenvalue weighted by atomic mass is 16.5. The fourth-order valence-corrected chi connectivity index (χ4v) is 1.78. The summed E-state index contributed by atoms with van der Waals surface area (Å²) in [6, 6.07) is 7.28. The topological polar surface area (TPSA) is 76.1 Å². The van der Waals surface area contributed by atoms with E-state index in [9.17, 15) is 4.79 Å². The van der Waals surface area contributed by atoms with Gasteiger partial charge in [0.2, 0.25) is 5.88 Å². The summed E-state index contributed by atoms with van der Waals surface area (Å²) in [5.74, 6) is 0.534. The molecule has 0 spiro atoms. The molecule has 2 rings (SSSR count). The SMILES string of the molecule is COc1cc(CNC(=O)NCCc2cccnc2)ccn1. The molecule has 2 amide bonds. The van der Waals surface area contributed by atoms with E-state index in [2.05, 4.69) is 20.6 Å². The molecule has 2 N–H and O–H groups in total. The summed E-state index contributed by atoms with van der Waals surface area (Å²) in [7, 11) is 1.56. The van der Waals surface area contributed by atoms with Crippen LogP contribution in [0.5, 0.6) is 5.88 Å². The maximum Gasteiger partial charge on any atom is 0.315 e. The molecule has 6 nitrogen and oxygen atoms in total. The van der Waals surface area contributed by atoms with E-state index >= 15 is 0 Å². The summed E-state index contributed by atoms with van der Waals surface area (Å²) in [4.78, 5) is 19.7. The summed E-state index contributed by atoms with van der Waals surface area (Å²) in [6.07, 6.45) is 5.93.